The molecule has 0 saturated carbocycles. The molecule has 0 aliphatic heterocycles. The van der Waals surface area contributed by atoms with E-state index in [1.165, 1.54) is 17.5 Å². The van der Waals surface area contributed by atoms with E-state index in [9.17, 15) is 0 Å². The van der Waals surface area contributed by atoms with Gasteiger partial charge in [0.05, 0.1) is 6.54 Å². The third-order valence-corrected chi connectivity index (χ3v) is 3.20. The van der Waals surface area contributed by atoms with E-state index in [1.807, 2.05) is 6.92 Å². The number of hydrogen-bond donors (Lipinski definition) is 1. The van der Waals surface area contributed by atoms with E-state index in [1.54, 1.807) is 0 Å². The summed E-state index contributed by atoms with van der Waals surface area (Å²) in [4.78, 5) is 4.16. The van der Waals surface area contributed by atoms with Gasteiger partial charge < -0.3 is 9.84 Å². The van der Waals surface area contributed by atoms with E-state index in [-0.39, 0.29) is 0 Å². The molecular formula is C13H15N3O. The maximum atomic E-state index is 5.04. The van der Waals surface area contributed by atoms with Gasteiger partial charge in [0.2, 0.25) is 5.89 Å². The lowest BCUT2D eigenvalue weighted by molar-refractivity contribution is 0.361. The Balaban J connectivity index is 1.51. The van der Waals surface area contributed by atoms with E-state index in [4.69, 9.17) is 4.52 Å². The van der Waals surface area contributed by atoms with Gasteiger partial charge in [0.1, 0.15) is 0 Å². The summed E-state index contributed by atoms with van der Waals surface area (Å²) in [7, 11) is 0. The third-order valence-electron chi connectivity index (χ3n) is 3.20. The molecule has 17 heavy (non-hydrogen) atoms. The topological polar surface area (TPSA) is 51.0 Å². The van der Waals surface area contributed by atoms with Crippen LogP contribution < -0.4 is 5.32 Å². The molecule has 1 atom stereocenters. The predicted molar refractivity (Wildman–Crippen MR) is 63.6 cm³/mol. The van der Waals surface area contributed by atoms with E-state index in [0.29, 0.717) is 24.2 Å². The van der Waals surface area contributed by atoms with Gasteiger partial charge in [-0.2, -0.15) is 4.98 Å². The summed E-state index contributed by atoms with van der Waals surface area (Å²) in [5.41, 5.74) is 2.95. The predicted octanol–water partition coefficient (Wildman–Crippen LogP) is 1.81. The zero-order chi connectivity index (χ0) is 11.7. The Bertz CT molecular complexity index is 521. The van der Waals surface area contributed by atoms with Crippen LogP contribution in [0.25, 0.3) is 0 Å². The molecule has 1 unspecified atom stereocenters. The second-order valence-electron chi connectivity index (χ2n) is 4.47. The van der Waals surface area contributed by atoms with Crippen LogP contribution in [0.4, 0.5) is 0 Å². The number of fused-ring (bicyclic) bond motifs is 1. The van der Waals surface area contributed by atoms with E-state index < -0.39 is 0 Å². The normalized spacial score (nSPS) is 17.6. The first kappa shape index (κ1) is 10.5. The zero-order valence-electron chi connectivity index (χ0n) is 9.81. The summed E-state index contributed by atoms with van der Waals surface area (Å²) in [6.45, 7) is 3.45. The molecule has 0 amide bonds. The highest BCUT2D eigenvalue weighted by atomic mass is 16.5. The first-order valence-corrected chi connectivity index (χ1v) is 5.90. The van der Waals surface area contributed by atoms with E-state index >= 15 is 0 Å². The monoisotopic (exact) mass is 229 g/mol. The summed E-state index contributed by atoms with van der Waals surface area (Å²) in [5, 5.41) is 7.12. The molecule has 0 fully saturated rings. The Hall–Kier alpha value is -1.68. The Kier molecular flexibility index (Phi) is 2.65. The second kappa shape index (κ2) is 4.30. The average Bonchev–Trinajstić information content (AvgIpc) is 2.71. The van der Waals surface area contributed by atoms with Crippen LogP contribution in [0.5, 0.6) is 0 Å². The number of benzene rings is 1. The number of nitrogens with zero attached hydrogens (tertiary/aromatic N) is 2. The molecule has 0 bridgehead atoms. The molecule has 1 aliphatic carbocycles. The summed E-state index contributed by atoms with van der Waals surface area (Å²) in [6, 6.07) is 8.62. The fourth-order valence-electron chi connectivity index (χ4n) is 2.31. The van der Waals surface area contributed by atoms with Crippen molar-refractivity contribution in [2.24, 2.45) is 0 Å². The van der Waals surface area contributed by atoms with Gasteiger partial charge in [0.25, 0.3) is 0 Å². The molecule has 1 heterocycles. The Morgan fingerprint density at radius 2 is 2.29 bits per heavy atom. The largest absolute Gasteiger partial charge is 0.338 e. The molecule has 1 aromatic carbocycles. The molecule has 4 nitrogen and oxygen atoms in total. The van der Waals surface area contributed by atoms with Crippen molar-refractivity contribution in [1.29, 1.82) is 0 Å². The van der Waals surface area contributed by atoms with Crippen LogP contribution in [0.2, 0.25) is 0 Å². The molecule has 1 aromatic heterocycles. The van der Waals surface area contributed by atoms with Gasteiger partial charge >= 0.3 is 0 Å². The molecule has 1 N–H and O–H groups in total. The molecule has 0 radical (unpaired) electrons. The Morgan fingerprint density at radius 1 is 1.41 bits per heavy atom. The molecular weight excluding hydrogens is 214 g/mol. The summed E-state index contributed by atoms with van der Waals surface area (Å²) in [5.74, 6) is 1.99. The number of aryl methyl sites for hydroxylation is 1. The van der Waals surface area contributed by atoms with E-state index in [0.717, 1.165) is 6.54 Å². The highest BCUT2D eigenvalue weighted by molar-refractivity contribution is 5.40. The van der Waals surface area contributed by atoms with Crippen molar-refractivity contribution < 1.29 is 4.52 Å². The molecule has 88 valence electrons. The fraction of sp³-hybridized carbons (Fsp3) is 0.385. The quantitative estimate of drug-likeness (QED) is 0.868. The van der Waals surface area contributed by atoms with Crippen LogP contribution in [0.3, 0.4) is 0 Å². The van der Waals surface area contributed by atoms with Gasteiger partial charge in [-0.05, 0) is 24.5 Å². The van der Waals surface area contributed by atoms with Crippen LogP contribution >= 0.6 is 0 Å². The second-order valence-corrected chi connectivity index (χ2v) is 4.47. The minimum atomic E-state index is 0.634. The highest BCUT2D eigenvalue weighted by Crippen LogP contribution is 2.33. The maximum absolute atomic E-state index is 5.04. The van der Waals surface area contributed by atoms with Crippen molar-refractivity contribution in [2.45, 2.75) is 25.8 Å². The Labute approximate surface area is 100 Å². The molecule has 0 spiro atoms. The van der Waals surface area contributed by atoms with Gasteiger partial charge in [-0.15, -0.1) is 0 Å². The molecule has 1 aliphatic rings. The van der Waals surface area contributed by atoms with Crippen molar-refractivity contribution in [3.8, 4) is 0 Å². The van der Waals surface area contributed by atoms with Gasteiger partial charge in [0.15, 0.2) is 5.82 Å². The van der Waals surface area contributed by atoms with Gasteiger partial charge in [-0.25, -0.2) is 0 Å². The van der Waals surface area contributed by atoms with Crippen LogP contribution in [0, 0.1) is 6.92 Å². The van der Waals surface area contributed by atoms with Crippen molar-refractivity contribution in [1.82, 2.24) is 15.5 Å². The van der Waals surface area contributed by atoms with Gasteiger partial charge in [-0.1, -0.05) is 29.4 Å². The summed E-state index contributed by atoms with van der Waals surface area (Å²) in [6.07, 6.45) is 1.17. The lowest BCUT2D eigenvalue weighted by Gasteiger charge is -2.30. The van der Waals surface area contributed by atoms with Crippen LogP contribution in [-0.2, 0) is 13.0 Å². The van der Waals surface area contributed by atoms with Crippen LogP contribution in [0.15, 0.2) is 28.8 Å². The SMILES string of the molecule is Cc1noc(CNCC2Cc3ccccc32)n1. The molecule has 2 aromatic rings. The Morgan fingerprint density at radius 3 is 3.06 bits per heavy atom. The first-order chi connectivity index (χ1) is 8.33. The van der Waals surface area contributed by atoms with Gasteiger partial charge in [0, 0.05) is 12.5 Å². The average molecular weight is 229 g/mol. The molecule has 4 heteroatoms. The number of rotatable bonds is 4. The smallest absolute Gasteiger partial charge is 0.240 e. The van der Waals surface area contributed by atoms with Crippen molar-refractivity contribution in [3.05, 3.63) is 47.1 Å². The number of aromatic nitrogens is 2. The minimum absolute atomic E-state index is 0.634. The first-order valence-electron chi connectivity index (χ1n) is 5.90. The fourth-order valence-corrected chi connectivity index (χ4v) is 2.31. The minimum Gasteiger partial charge on any atom is -0.338 e. The third kappa shape index (κ3) is 2.08. The van der Waals surface area contributed by atoms with Crippen molar-refractivity contribution in [2.75, 3.05) is 6.54 Å². The van der Waals surface area contributed by atoms with Crippen LogP contribution in [-0.4, -0.2) is 16.7 Å². The summed E-state index contributed by atoms with van der Waals surface area (Å²) < 4.78 is 5.04. The maximum Gasteiger partial charge on any atom is 0.240 e. The van der Waals surface area contributed by atoms with Crippen molar-refractivity contribution in [3.63, 3.8) is 0 Å². The van der Waals surface area contributed by atoms with E-state index in [2.05, 4.69) is 39.7 Å². The standard InChI is InChI=1S/C13H15N3O/c1-9-15-13(17-16-9)8-14-7-11-6-10-4-2-3-5-12(10)11/h2-5,11,14H,6-8H2,1H3. The van der Waals surface area contributed by atoms with Crippen LogP contribution in [0.1, 0.15) is 28.8 Å². The molecule has 3 rings (SSSR count). The zero-order valence-corrected chi connectivity index (χ0v) is 9.81. The number of hydrogen-bond acceptors (Lipinski definition) is 4. The number of nitrogens with one attached hydrogen (secondary N) is 1. The lowest BCUT2D eigenvalue weighted by atomic mass is 9.78. The van der Waals surface area contributed by atoms with Gasteiger partial charge in [-0.3, -0.25) is 0 Å². The highest BCUT2D eigenvalue weighted by Gasteiger charge is 2.24. The molecule has 0 saturated heterocycles. The lowest BCUT2D eigenvalue weighted by Crippen LogP contribution is -2.28. The van der Waals surface area contributed by atoms with Crippen molar-refractivity contribution >= 4 is 0 Å². The summed E-state index contributed by atoms with van der Waals surface area (Å²) >= 11 is 0.